The van der Waals surface area contributed by atoms with Crippen LogP contribution in [0.4, 0.5) is 5.69 Å². The Labute approximate surface area is 85.9 Å². The van der Waals surface area contributed by atoms with Gasteiger partial charge in [0.2, 0.25) is 0 Å². The average molecular weight is 190 g/mol. The van der Waals surface area contributed by atoms with E-state index in [1.807, 2.05) is 0 Å². The summed E-state index contributed by atoms with van der Waals surface area (Å²) in [6, 6.07) is 11.8. The summed E-state index contributed by atoms with van der Waals surface area (Å²) in [5.41, 5.74) is 1.24. The molecule has 2 unspecified atom stereocenters. The van der Waals surface area contributed by atoms with Gasteiger partial charge in [-0.15, -0.1) is 0 Å². The molecule has 1 saturated heterocycles. The summed E-state index contributed by atoms with van der Waals surface area (Å²) in [5.74, 6) is 0. The van der Waals surface area contributed by atoms with Crippen LogP contribution in [0.3, 0.4) is 0 Å². The highest BCUT2D eigenvalue weighted by Gasteiger charge is 2.25. The maximum Gasteiger partial charge on any atom is 0.0403 e. The number of nitrogens with zero attached hydrogens (tertiary/aromatic N) is 1. The van der Waals surface area contributed by atoms with Crippen LogP contribution in [0.25, 0.3) is 0 Å². The molecular weight excluding hydrogens is 172 g/mol. The minimum absolute atomic E-state index is 0.609. The largest absolute Gasteiger partial charge is 0.381 e. The number of para-hydroxylation sites is 1. The molecule has 2 nitrogen and oxygen atoms in total. The molecule has 0 amide bonds. The van der Waals surface area contributed by atoms with Crippen LogP contribution in [0.15, 0.2) is 30.3 Å². The smallest absolute Gasteiger partial charge is 0.0403 e. The van der Waals surface area contributed by atoms with E-state index in [4.69, 9.17) is 0 Å². The molecule has 1 heterocycles. The van der Waals surface area contributed by atoms with Crippen LogP contribution < -0.4 is 5.32 Å². The van der Waals surface area contributed by atoms with E-state index in [9.17, 15) is 0 Å². The number of anilines is 1. The number of likely N-dealkylation sites (N-methyl/N-ethyl adjacent to an activating group) is 1. The van der Waals surface area contributed by atoms with Crippen molar-refractivity contribution in [3.63, 3.8) is 0 Å². The molecule has 1 aliphatic rings. The first-order chi connectivity index (χ1) is 6.75. The third-order valence-electron chi connectivity index (χ3n) is 3.03. The van der Waals surface area contributed by atoms with Gasteiger partial charge in [-0.3, -0.25) is 0 Å². The fourth-order valence-electron chi connectivity index (χ4n) is 2.07. The van der Waals surface area contributed by atoms with E-state index in [1.165, 1.54) is 12.1 Å². The Morgan fingerprint density at radius 1 is 1.29 bits per heavy atom. The lowest BCUT2D eigenvalue weighted by atomic mass is 10.2. The standard InChI is InChI=1S/C12H18N2/c1-10-8-12(9-14(10)2)13-11-6-4-3-5-7-11/h3-7,10,12-13H,8-9H2,1-2H3. The highest BCUT2D eigenvalue weighted by molar-refractivity contribution is 5.43. The predicted octanol–water partition coefficient (Wildman–Crippen LogP) is 2.19. The number of nitrogens with one attached hydrogen (secondary N) is 1. The molecular formula is C12H18N2. The van der Waals surface area contributed by atoms with Crippen LogP contribution in [0.1, 0.15) is 13.3 Å². The molecule has 0 spiro atoms. The van der Waals surface area contributed by atoms with Crippen molar-refractivity contribution in [3.8, 4) is 0 Å². The summed E-state index contributed by atoms with van der Waals surface area (Å²) in [7, 11) is 2.19. The maximum absolute atomic E-state index is 3.56. The Hall–Kier alpha value is -1.02. The zero-order valence-corrected chi connectivity index (χ0v) is 8.90. The van der Waals surface area contributed by atoms with E-state index in [1.54, 1.807) is 0 Å². The highest BCUT2D eigenvalue weighted by atomic mass is 15.2. The van der Waals surface area contributed by atoms with Crippen LogP contribution in [0, 0.1) is 0 Å². The second-order valence-corrected chi connectivity index (χ2v) is 4.23. The summed E-state index contributed by atoms with van der Waals surface area (Å²) >= 11 is 0. The molecule has 1 aromatic carbocycles. The van der Waals surface area contributed by atoms with Gasteiger partial charge in [-0.25, -0.2) is 0 Å². The number of benzene rings is 1. The Balaban J connectivity index is 1.94. The maximum atomic E-state index is 3.56. The number of hydrogen-bond acceptors (Lipinski definition) is 2. The van der Waals surface area contributed by atoms with Crippen molar-refractivity contribution < 1.29 is 0 Å². The van der Waals surface area contributed by atoms with Gasteiger partial charge in [-0.2, -0.15) is 0 Å². The first-order valence-electron chi connectivity index (χ1n) is 5.27. The van der Waals surface area contributed by atoms with Crippen molar-refractivity contribution in [1.29, 1.82) is 0 Å². The molecule has 0 aliphatic carbocycles. The zero-order valence-electron chi connectivity index (χ0n) is 8.90. The van der Waals surface area contributed by atoms with Crippen molar-refractivity contribution in [1.82, 2.24) is 4.90 Å². The molecule has 0 bridgehead atoms. The Kier molecular flexibility index (Phi) is 2.73. The minimum atomic E-state index is 0.609. The zero-order chi connectivity index (χ0) is 9.97. The van der Waals surface area contributed by atoms with Gasteiger partial charge >= 0.3 is 0 Å². The fourth-order valence-corrected chi connectivity index (χ4v) is 2.07. The monoisotopic (exact) mass is 190 g/mol. The summed E-state index contributed by atoms with van der Waals surface area (Å²) in [6.07, 6.45) is 1.24. The predicted molar refractivity (Wildman–Crippen MR) is 60.6 cm³/mol. The van der Waals surface area contributed by atoms with Crippen molar-refractivity contribution in [3.05, 3.63) is 30.3 Å². The normalized spacial score (nSPS) is 27.9. The molecule has 1 N–H and O–H groups in total. The second kappa shape index (κ2) is 4.01. The summed E-state index contributed by atoms with van der Waals surface area (Å²) in [4.78, 5) is 2.40. The second-order valence-electron chi connectivity index (χ2n) is 4.23. The van der Waals surface area contributed by atoms with E-state index < -0.39 is 0 Å². The van der Waals surface area contributed by atoms with E-state index >= 15 is 0 Å². The first kappa shape index (κ1) is 9.53. The van der Waals surface area contributed by atoms with Crippen LogP contribution in [0.5, 0.6) is 0 Å². The first-order valence-corrected chi connectivity index (χ1v) is 5.27. The van der Waals surface area contributed by atoms with Crippen LogP contribution in [0.2, 0.25) is 0 Å². The van der Waals surface area contributed by atoms with Crippen molar-refractivity contribution in [2.45, 2.75) is 25.4 Å². The van der Waals surface area contributed by atoms with E-state index in [-0.39, 0.29) is 0 Å². The fraction of sp³-hybridized carbons (Fsp3) is 0.500. The van der Waals surface area contributed by atoms with Crippen LogP contribution in [-0.4, -0.2) is 30.6 Å². The molecule has 2 heteroatoms. The van der Waals surface area contributed by atoms with Crippen molar-refractivity contribution in [2.24, 2.45) is 0 Å². The Bertz CT molecular complexity index is 274. The van der Waals surface area contributed by atoms with Gasteiger partial charge in [0.05, 0.1) is 0 Å². The molecule has 2 atom stereocenters. The van der Waals surface area contributed by atoms with E-state index in [0.717, 1.165) is 6.54 Å². The van der Waals surface area contributed by atoms with Gasteiger partial charge in [0, 0.05) is 24.3 Å². The molecule has 0 saturated carbocycles. The van der Waals surface area contributed by atoms with Gasteiger partial charge in [0.1, 0.15) is 0 Å². The summed E-state index contributed by atoms with van der Waals surface area (Å²) in [6.45, 7) is 3.43. The molecule has 0 radical (unpaired) electrons. The molecule has 1 aromatic rings. The van der Waals surface area contributed by atoms with E-state index in [0.29, 0.717) is 12.1 Å². The lowest BCUT2D eigenvalue weighted by Crippen LogP contribution is -2.24. The summed E-state index contributed by atoms with van der Waals surface area (Å²) < 4.78 is 0. The molecule has 76 valence electrons. The van der Waals surface area contributed by atoms with Gasteiger partial charge in [0.25, 0.3) is 0 Å². The van der Waals surface area contributed by atoms with Crippen molar-refractivity contribution >= 4 is 5.69 Å². The minimum Gasteiger partial charge on any atom is -0.381 e. The Morgan fingerprint density at radius 3 is 2.57 bits per heavy atom. The third kappa shape index (κ3) is 2.07. The Morgan fingerprint density at radius 2 is 2.00 bits per heavy atom. The van der Waals surface area contributed by atoms with Gasteiger partial charge < -0.3 is 10.2 Å². The molecule has 2 rings (SSSR count). The van der Waals surface area contributed by atoms with E-state index in [2.05, 4.69) is 54.5 Å². The third-order valence-corrected chi connectivity index (χ3v) is 3.03. The average Bonchev–Trinajstić information content (AvgIpc) is 2.47. The van der Waals surface area contributed by atoms with Crippen LogP contribution in [-0.2, 0) is 0 Å². The van der Waals surface area contributed by atoms with Gasteiger partial charge in [0.15, 0.2) is 0 Å². The SMILES string of the molecule is CC1CC(Nc2ccccc2)CN1C. The molecule has 1 fully saturated rings. The van der Waals surface area contributed by atoms with Crippen molar-refractivity contribution in [2.75, 3.05) is 18.9 Å². The summed E-state index contributed by atoms with van der Waals surface area (Å²) in [5, 5.41) is 3.56. The van der Waals surface area contributed by atoms with Gasteiger partial charge in [-0.05, 0) is 32.5 Å². The molecule has 0 aromatic heterocycles. The number of rotatable bonds is 2. The topological polar surface area (TPSA) is 15.3 Å². The highest BCUT2D eigenvalue weighted by Crippen LogP contribution is 2.19. The van der Waals surface area contributed by atoms with Crippen LogP contribution >= 0.6 is 0 Å². The quantitative estimate of drug-likeness (QED) is 0.769. The van der Waals surface area contributed by atoms with Gasteiger partial charge in [-0.1, -0.05) is 18.2 Å². The molecule has 1 aliphatic heterocycles. The lowest BCUT2D eigenvalue weighted by molar-refractivity contribution is 0.330. The molecule has 14 heavy (non-hydrogen) atoms. The lowest BCUT2D eigenvalue weighted by Gasteiger charge is -2.14. The number of likely N-dealkylation sites (tertiary alicyclic amines) is 1. The number of hydrogen-bond donors (Lipinski definition) is 1.